The average molecular weight is 778 g/mol. The Morgan fingerprint density at radius 1 is 0.611 bits per heavy atom. The van der Waals surface area contributed by atoms with Crippen LogP contribution in [0.25, 0.3) is 0 Å². The quantitative estimate of drug-likeness (QED) is 0.0156. The summed E-state index contributed by atoms with van der Waals surface area (Å²) in [5.74, 6) is -0.786. The second kappa shape index (κ2) is 38.4. The molecule has 3 N–H and O–H groups in total. The Balaban J connectivity index is 4.37. The van der Waals surface area contributed by atoms with Crippen molar-refractivity contribution < 1.29 is 42.4 Å². The average Bonchev–Trinajstić information content (AvgIpc) is 3.15. The molecule has 0 aliphatic heterocycles. The lowest BCUT2D eigenvalue weighted by Gasteiger charge is -2.19. The minimum atomic E-state index is -4.41. The number of rotatable bonds is 37. The van der Waals surface area contributed by atoms with Crippen LogP contribution < -0.4 is 5.73 Å². The molecule has 54 heavy (non-hydrogen) atoms. The number of carbonyl (C=O) groups excluding carboxylic acids is 3. The Labute approximate surface area is 327 Å². The molecule has 0 bridgehead atoms. The summed E-state index contributed by atoms with van der Waals surface area (Å²) in [6.07, 6.45) is 42.0. The maximum absolute atomic E-state index is 12.5. The first kappa shape index (κ1) is 51.1. The molecule has 0 rings (SSSR count). The fraction of sp³-hybridized carbons (Fsp3) is 0.651. The number of hydrogen-bond acceptors (Lipinski definition) is 9. The van der Waals surface area contributed by atoms with Gasteiger partial charge in [0.1, 0.15) is 6.61 Å². The molecule has 11 heteroatoms. The zero-order valence-electron chi connectivity index (χ0n) is 33.4. The number of ketones is 1. The number of unbranched alkanes of at least 4 members (excludes halogenated alkanes) is 11. The van der Waals surface area contributed by atoms with Gasteiger partial charge in [-0.25, -0.2) is 4.57 Å². The Hall–Kier alpha value is -2.88. The summed E-state index contributed by atoms with van der Waals surface area (Å²) in [5, 5.41) is 0. The topological polar surface area (TPSA) is 151 Å². The van der Waals surface area contributed by atoms with E-state index in [-0.39, 0.29) is 38.4 Å². The van der Waals surface area contributed by atoms with Crippen molar-refractivity contribution in [3.05, 3.63) is 72.9 Å². The van der Waals surface area contributed by atoms with Crippen molar-refractivity contribution in [2.45, 2.75) is 155 Å². The van der Waals surface area contributed by atoms with E-state index in [2.05, 4.69) is 50.3 Å². The highest BCUT2D eigenvalue weighted by Gasteiger charge is 2.25. The molecular weight excluding hydrogens is 705 g/mol. The highest BCUT2D eigenvalue weighted by molar-refractivity contribution is 7.47. The van der Waals surface area contributed by atoms with E-state index in [1.807, 2.05) is 24.3 Å². The predicted octanol–water partition coefficient (Wildman–Crippen LogP) is 10.7. The van der Waals surface area contributed by atoms with Crippen molar-refractivity contribution in [3.8, 4) is 0 Å². The third-order valence-corrected chi connectivity index (χ3v) is 9.03. The van der Waals surface area contributed by atoms with Crippen LogP contribution in [0, 0.1) is 0 Å². The molecule has 0 spiro atoms. The summed E-state index contributed by atoms with van der Waals surface area (Å²) in [5.41, 5.74) is 5.33. The summed E-state index contributed by atoms with van der Waals surface area (Å²) in [7, 11) is -4.41. The van der Waals surface area contributed by atoms with E-state index in [4.69, 9.17) is 24.3 Å². The molecule has 0 heterocycles. The van der Waals surface area contributed by atoms with Gasteiger partial charge in [0.15, 0.2) is 11.9 Å². The second-order valence-electron chi connectivity index (χ2n) is 13.2. The van der Waals surface area contributed by atoms with Gasteiger partial charge in [-0.1, -0.05) is 126 Å². The summed E-state index contributed by atoms with van der Waals surface area (Å²) >= 11 is 0. The first-order valence-corrected chi connectivity index (χ1v) is 21.9. The maximum atomic E-state index is 12.5. The first-order chi connectivity index (χ1) is 26.2. The molecule has 0 aromatic rings. The van der Waals surface area contributed by atoms with Gasteiger partial charge in [0.2, 0.25) is 0 Å². The van der Waals surface area contributed by atoms with Crippen LogP contribution in [-0.2, 0) is 37.5 Å². The standard InChI is InChI=1S/C43H72NO9P/c1-3-5-7-8-9-10-11-12-13-14-17-21-24-27-31-35-43(47)53-41(39-52-54(48,49)51-37-36-44)38-50-42(46)34-30-26-23-20-18-15-16-19-22-25-29-33-40(45)32-28-6-4-2/h9-10,12-13,15-16,20,22-23,25,29,33,41H,3-8,11,14,17-19,21,24,26-28,30-32,34-39,44H2,1-2H3,(H,48,49)/b10-9-,13-12-,16-15-,23-20-,25-22-,33-29+/t41-/m1/s1. The van der Waals surface area contributed by atoms with Crippen LogP contribution in [0.4, 0.5) is 0 Å². The molecule has 0 saturated heterocycles. The fourth-order valence-corrected chi connectivity index (χ4v) is 5.73. The van der Waals surface area contributed by atoms with Gasteiger partial charge in [-0.15, -0.1) is 0 Å². The van der Waals surface area contributed by atoms with Gasteiger partial charge < -0.3 is 20.1 Å². The van der Waals surface area contributed by atoms with Crippen LogP contribution in [0.5, 0.6) is 0 Å². The molecule has 0 aliphatic carbocycles. The normalized spacial score (nSPS) is 14.0. The second-order valence-corrected chi connectivity index (χ2v) is 14.6. The van der Waals surface area contributed by atoms with E-state index in [9.17, 15) is 23.8 Å². The zero-order chi connectivity index (χ0) is 39.8. The Morgan fingerprint density at radius 2 is 1.15 bits per heavy atom. The molecule has 2 atom stereocenters. The highest BCUT2D eigenvalue weighted by atomic mass is 31.2. The van der Waals surface area contributed by atoms with Crippen molar-refractivity contribution in [2.24, 2.45) is 5.73 Å². The molecule has 0 fully saturated rings. The molecule has 1 unspecified atom stereocenters. The number of esters is 2. The number of carbonyl (C=O) groups is 3. The van der Waals surface area contributed by atoms with Crippen molar-refractivity contribution in [3.63, 3.8) is 0 Å². The van der Waals surface area contributed by atoms with Crippen LogP contribution >= 0.6 is 7.82 Å². The van der Waals surface area contributed by atoms with E-state index in [0.29, 0.717) is 25.7 Å². The SMILES string of the molecule is CCCCC/C=C\C/C=C\CCCCCCCC(=O)O[C@H](COC(=O)CCC/C=C\C/C=C\C/C=C\C=C\C(=O)CCCCC)COP(=O)(O)OCCN. The number of nitrogens with two attached hydrogens (primary N) is 1. The summed E-state index contributed by atoms with van der Waals surface area (Å²) in [4.78, 5) is 46.5. The van der Waals surface area contributed by atoms with Crippen molar-refractivity contribution in [2.75, 3.05) is 26.4 Å². The minimum absolute atomic E-state index is 0.0310. The number of allylic oxidation sites excluding steroid dienone is 12. The number of phosphoric acid groups is 1. The Morgan fingerprint density at radius 3 is 1.81 bits per heavy atom. The summed E-state index contributed by atoms with van der Waals surface area (Å²) < 4.78 is 32.6. The van der Waals surface area contributed by atoms with Crippen LogP contribution in [0.1, 0.15) is 149 Å². The van der Waals surface area contributed by atoms with Gasteiger partial charge in [0.25, 0.3) is 0 Å². The lowest BCUT2D eigenvalue weighted by Crippen LogP contribution is -2.29. The number of phosphoric ester groups is 1. The van der Waals surface area contributed by atoms with Gasteiger partial charge >= 0.3 is 19.8 Å². The summed E-state index contributed by atoms with van der Waals surface area (Å²) in [6, 6.07) is 0. The molecule has 10 nitrogen and oxygen atoms in total. The third-order valence-electron chi connectivity index (χ3n) is 8.04. The monoisotopic (exact) mass is 777 g/mol. The molecule has 0 saturated carbocycles. The van der Waals surface area contributed by atoms with E-state index >= 15 is 0 Å². The Bertz CT molecular complexity index is 1180. The molecule has 0 aromatic heterocycles. The Kier molecular flexibility index (Phi) is 36.3. The van der Waals surface area contributed by atoms with Crippen molar-refractivity contribution in [1.29, 1.82) is 0 Å². The van der Waals surface area contributed by atoms with Crippen LogP contribution in [0.2, 0.25) is 0 Å². The molecular formula is C43H72NO9P. The van der Waals surface area contributed by atoms with Gasteiger partial charge in [-0.2, -0.15) is 0 Å². The van der Waals surface area contributed by atoms with E-state index in [1.165, 1.54) is 19.3 Å². The van der Waals surface area contributed by atoms with E-state index in [0.717, 1.165) is 77.0 Å². The zero-order valence-corrected chi connectivity index (χ0v) is 34.3. The van der Waals surface area contributed by atoms with Crippen LogP contribution in [0.3, 0.4) is 0 Å². The predicted molar refractivity (Wildman–Crippen MR) is 220 cm³/mol. The van der Waals surface area contributed by atoms with Gasteiger partial charge in [-0.05, 0) is 76.7 Å². The molecule has 308 valence electrons. The molecule has 0 aromatic carbocycles. The summed E-state index contributed by atoms with van der Waals surface area (Å²) in [6.45, 7) is 3.42. The minimum Gasteiger partial charge on any atom is -0.462 e. The van der Waals surface area contributed by atoms with Crippen LogP contribution in [0.15, 0.2) is 72.9 Å². The lowest BCUT2D eigenvalue weighted by molar-refractivity contribution is -0.161. The maximum Gasteiger partial charge on any atom is 0.472 e. The van der Waals surface area contributed by atoms with E-state index < -0.39 is 32.5 Å². The first-order valence-electron chi connectivity index (χ1n) is 20.4. The molecule has 0 aliphatic rings. The molecule has 0 amide bonds. The van der Waals surface area contributed by atoms with Gasteiger partial charge in [0.05, 0.1) is 13.2 Å². The number of hydrogen-bond donors (Lipinski definition) is 2. The smallest absolute Gasteiger partial charge is 0.462 e. The third kappa shape index (κ3) is 37.4. The fourth-order valence-electron chi connectivity index (χ4n) is 4.96. The van der Waals surface area contributed by atoms with Crippen LogP contribution in [-0.4, -0.2) is 55.1 Å². The van der Waals surface area contributed by atoms with E-state index in [1.54, 1.807) is 12.2 Å². The largest absolute Gasteiger partial charge is 0.472 e. The molecule has 0 radical (unpaired) electrons. The van der Waals surface area contributed by atoms with Crippen molar-refractivity contribution >= 4 is 25.5 Å². The highest BCUT2D eigenvalue weighted by Crippen LogP contribution is 2.43. The van der Waals surface area contributed by atoms with Gasteiger partial charge in [-0.3, -0.25) is 23.4 Å². The van der Waals surface area contributed by atoms with Gasteiger partial charge in [0, 0.05) is 25.8 Å². The lowest BCUT2D eigenvalue weighted by atomic mass is 10.1. The van der Waals surface area contributed by atoms with Crippen molar-refractivity contribution in [1.82, 2.24) is 0 Å². The number of ether oxygens (including phenoxy) is 2.